The van der Waals surface area contributed by atoms with Crippen LogP contribution < -0.4 is 5.32 Å². The number of rotatable bonds is 3. The van der Waals surface area contributed by atoms with Crippen molar-refractivity contribution in [2.75, 3.05) is 26.2 Å². The predicted molar refractivity (Wildman–Crippen MR) is 115 cm³/mol. The van der Waals surface area contributed by atoms with Gasteiger partial charge in [0.15, 0.2) is 0 Å². The molecule has 3 heterocycles. The molecule has 0 aromatic carbocycles. The normalized spacial score (nSPS) is 27.6. The number of carbonyl (C=O) groups is 1. The number of pyridine rings is 1. The van der Waals surface area contributed by atoms with Gasteiger partial charge in [-0.05, 0) is 37.3 Å². The zero-order valence-corrected chi connectivity index (χ0v) is 18.0. The number of halogens is 3. The fraction of sp³-hybridized carbons (Fsp3) is 0.684. The van der Waals surface area contributed by atoms with Crippen molar-refractivity contribution in [2.45, 2.75) is 50.7 Å². The van der Waals surface area contributed by atoms with Crippen LogP contribution in [0.5, 0.6) is 0 Å². The molecule has 2 saturated heterocycles. The quantitative estimate of drug-likeness (QED) is 0.790. The molecule has 1 N–H and O–H groups in total. The molecule has 1 aromatic rings. The monoisotopic (exact) mass is 436 g/mol. The lowest BCUT2D eigenvalue weighted by molar-refractivity contribution is -0.135. The summed E-state index contributed by atoms with van der Waals surface area (Å²) in [5, 5.41) is 3.63. The predicted octanol–water partition coefficient (Wildman–Crippen LogP) is 2.91. The van der Waals surface area contributed by atoms with Crippen LogP contribution in [-0.2, 0) is 11.3 Å². The maximum Gasteiger partial charge on any atom is 0.239 e. The Kier molecular flexibility index (Phi) is 10.3. The lowest BCUT2D eigenvalue weighted by Gasteiger charge is -2.35. The first-order valence-electron chi connectivity index (χ1n) is 9.47. The number of piperazine rings is 1. The number of hydrogen-bond donors (Lipinski definition) is 1. The fourth-order valence-electron chi connectivity index (χ4n) is 4.58. The Balaban J connectivity index is 0.00000121. The van der Waals surface area contributed by atoms with E-state index in [0.717, 1.165) is 50.8 Å². The van der Waals surface area contributed by atoms with E-state index in [2.05, 4.69) is 26.2 Å². The zero-order chi connectivity index (χ0) is 16.4. The summed E-state index contributed by atoms with van der Waals surface area (Å²) in [6.07, 6.45) is 8.13. The second kappa shape index (κ2) is 11.4. The molecule has 5 nitrogen and oxygen atoms in total. The number of fused-ring (bicyclic) bond motifs is 1. The van der Waals surface area contributed by atoms with Gasteiger partial charge in [0, 0.05) is 45.0 Å². The Morgan fingerprint density at radius 3 is 2.48 bits per heavy atom. The molecule has 3 atom stereocenters. The van der Waals surface area contributed by atoms with E-state index in [-0.39, 0.29) is 43.3 Å². The largest absolute Gasteiger partial charge is 0.339 e. The zero-order valence-electron chi connectivity index (χ0n) is 15.6. The smallest absolute Gasteiger partial charge is 0.239 e. The number of aromatic nitrogens is 1. The highest BCUT2D eigenvalue weighted by Gasteiger charge is 2.40. The number of nitrogens with one attached hydrogen (secondary N) is 1. The molecule has 0 spiro atoms. The lowest BCUT2D eigenvalue weighted by atomic mass is 9.85. The molecule has 3 aliphatic rings. The van der Waals surface area contributed by atoms with Gasteiger partial charge >= 0.3 is 0 Å². The first-order valence-corrected chi connectivity index (χ1v) is 9.47. The van der Waals surface area contributed by atoms with Crippen molar-refractivity contribution < 1.29 is 4.79 Å². The van der Waals surface area contributed by atoms with E-state index in [1.807, 2.05) is 18.3 Å². The van der Waals surface area contributed by atoms with Crippen LogP contribution >= 0.6 is 37.2 Å². The van der Waals surface area contributed by atoms with E-state index in [4.69, 9.17) is 0 Å². The number of amides is 1. The van der Waals surface area contributed by atoms with Crippen molar-refractivity contribution in [3.05, 3.63) is 30.1 Å². The van der Waals surface area contributed by atoms with Crippen LogP contribution in [0.4, 0.5) is 0 Å². The summed E-state index contributed by atoms with van der Waals surface area (Å²) in [5.41, 5.74) is 1.11. The summed E-state index contributed by atoms with van der Waals surface area (Å²) in [4.78, 5) is 21.7. The van der Waals surface area contributed by atoms with Gasteiger partial charge in [0.1, 0.15) is 0 Å². The summed E-state index contributed by atoms with van der Waals surface area (Å²) < 4.78 is 0. The summed E-state index contributed by atoms with van der Waals surface area (Å²) in [6, 6.07) is 6.72. The third-order valence-corrected chi connectivity index (χ3v) is 5.96. The van der Waals surface area contributed by atoms with E-state index in [1.54, 1.807) is 0 Å². The SMILES string of the molecule is Cl.Cl.Cl.O=C(C1CC2CCCCC2N1)N1CCN(Cc2ccccn2)CC1. The van der Waals surface area contributed by atoms with E-state index in [1.165, 1.54) is 25.7 Å². The number of nitrogens with zero attached hydrogens (tertiary/aromatic N) is 3. The van der Waals surface area contributed by atoms with Crippen LogP contribution in [0.2, 0.25) is 0 Å². The summed E-state index contributed by atoms with van der Waals surface area (Å²) in [5.74, 6) is 1.07. The van der Waals surface area contributed by atoms with Crippen LogP contribution in [-0.4, -0.2) is 59.0 Å². The van der Waals surface area contributed by atoms with Crippen molar-refractivity contribution in [2.24, 2.45) is 5.92 Å². The topological polar surface area (TPSA) is 48.5 Å². The van der Waals surface area contributed by atoms with E-state index < -0.39 is 0 Å². The minimum Gasteiger partial charge on any atom is -0.339 e. The van der Waals surface area contributed by atoms with Gasteiger partial charge in [-0.25, -0.2) is 0 Å². The molecule has 3 unspecified atom stereocenters. The Bertz CT molecular complexity index is 555. The molecule has 1 saturated carbocycles. The van der Waals surface area contributed by atoms with Crippen molar-refractivity contribution >= 4 is 43.1 Å². The first kappa shape index (κ1) is 24.4. The molecule has 1 amide bonds. The van der Waals surface area contributed by atoms with Gasteiger partial charge in [0.05, 0.1) is 11.7 Å². The summed E-state index contributed by atoms with van der Waals surface area (Å²) in [7, 11) is 0. The third kappa shape index (κ3) is 5.94. The summed E-state index contributed by atoms with van der Waals surface area (Å²) in [6.45, 7) is 4.47. The second-order valence-corrected chi connectivity index (χ2v) is 7.53. The van der Waals surface area contributed by atoms with Crippen LogP contribution in [0.15, 0.2) is 24.4 Å². The van der Waals surface area contributed by atoms with E-state index >= 15 is 0 Å². The maximum atomic E-state index is 12.8. The Morgan fingerprint density at radius 2 is 1.81 bits per heavy atom. The fourth-order valence-corrected chi connectivity index (χ4v) is 4.58. The summed E-state index contributed by atoms with van der Waals surface area (Å²) >= 11 is 0. The first-order chi connectivity index (χ1) is 11.8. The molecule has 1 aliphatic carbocycles. The average molecular weight is 438 g/mol. The molecule has 27 heavy (non-hydrogen) atoms. The molecule has 0 radical (unpaired) electrons. The van der Waals surface area contributed by atoms with Gasteiger partial charge in [0.2, 0.25) is 5.91 Å². The minimum atomic E-state index is 0. The molecule has 1 aromatic heterocycles. The van der Waals surface area contributed by atoms with Crippen molar-refractivity contribution in [1.82, 2.24) is 20.1 Å². The van der Waals surface area contributed by atoms with Crippen molar-refractivity contribution in [1.29, 1.82) is 0 Å². The van der Waals surface area contributed by atoms with Crippen LogP contribution in [0, 0.1) is 5.92 Å². The molecule has 154 valence electrons. The molecule has 2 aliphatic heterocycles. The highest BCUT2D eigenvalue weighted by atomic mass is 35.5. The highest BCUT2D eigenvalue weighted by molar-refractivity contribution is 5.86. The van der Waals surface area contributed by atoms with Gasteiger partial charge in [-0.15, -0.1) is 37.2 Å². The molecule has 8 heteroatoms. The van der Waals surface area contributed by atoms with Gasteiger partial charge in [-0.2, -0.15) is 0 Å². The van der Waals surface area contributed by atoms with Crippen molar-refractivity contribution in [3.63, 3.8) is 0 Å². The van der Waals surface area contributed by atoms with Crippen LogP contribution in [0.25, 0.3) is 0 Å². The molecule has 0 bridgehead atoms. The van der Waals surface area contributed by atoms with E-state index in [9.17, 15) is 4.79 Å². The molecule has 3 fully saturated rings. The molecule has 4 rings (SSSR count). The second-order valence-electron chi connectivity index (χ2n) is 7.53. The Labute approximate surface area is 180 Å². The molecular formula is C19H31Cl3N4O. The van der Waals surface area contributed by atoms with Gasteiger partial charge in [-0.1, -0.05) is 18.9 Å². The Hall–Kier alpha value is -0.590. The Morgan fingerprint density at radius 1 is 1.07 bits per heavy atom. The molecular weight excluding hydrogens is 407 g/mol. The standard InChI is InChI=1S/C19H28N4O.3ClH/c24-19(18-13-15-5-1-2-7-17(15)21-18)23-11-9-22(10-12-23)14-16-6-3-4-8-20-16;;;/h3-4,6,8,15,17-18,21H,1-2,5,7,9-14H2;3*1H. The third-order valence-electron chi connectivity index (χ3n) is 5.96. The van der Waals surface area contributed by atoms with Crippen LogP contribution in [0.3, 0.4) is 0 Å². The van der Waals surface area contributed by atoms with Crippen LogP contribution in [0.1, 0.15) is 37.8 Å². The number of carbonyl (C=O) groups excluding carboxylic acids is 1. The van der Waals surface area contributed by atoms with Gasteiger partial charge in [-0.3, -0.25) is 14.7 Å². The van der Waals surface area contributed by atoms with Crippen molar-refractivity contribution in [3.8, 4) is 0 Å². The highest BCUT2D eigenvalue weighted by Crippen LogP contribution is 2.33. The number of hydrogen-bond acceptors (Lipinski definition) is 4. The minimum absolute atomic E-state index is 0. The van der Waals surface area contributed by atoms with Gasteiger partial charge < -0.3 is 10.2 Å². The lowest BCUT2D eigenvalue weighted by Crippen LogP contribution is -2.53. The van der Waals surface area contributed by atoms with Gasteiger partial charge in [0.25, 0.3) is 0 Å². The average Bonchev–Trinajstić information content (AvgIpc) is 3.07. The van der Waals surface area contributed by atoms with E-state index in [0.29, 0.717) is 11.9 Å². The maximum absolute atomic E-state index is 12.8.